The molecule has 19 heavy (non-hydrogen) atoms. The fraction of sp³-hybridized carbons (Fsp3) is 0.857. The summed E-state index contributed by atoms with van der Waals surface area (Å²) in [7, 11) is 1.59. The molecule has 0 aromatic heterocycles. The van der Waals surface area contributed by atoms with E-state index < -0.39 is 5.41 Å². The number of methoxy groups -OCH3 is 1. The molecule has 5 nitrogen and oxygen atoms in total. The first kappa shape index (κ1) is 16.0. The Bertz CT molecular complexity index is 308. The van der Waals surface area contributed by atoms with Crippen LogP contribution in [0.1, 0.15) is 39.5 Å². The van der Waals surface area contributed by atoms with Crippen LogP contribution < -0.4 is 5.32 Å². The Hall–Kier alpha value is -1.10. The molecule has 0 aliphatic heterocycles. The molecule has 1 N–H and O–H groups in total. The minimum Gasteiger partial charge on any atom is -0.383 e. The number of hydrogen-bond donors (Lipinski definition) is 1. The highest BCUT2D eigenvalue weighted by molar-refractivity contribution is 6.07. The first-order chi connectivity index (χ1) is 9.12. The summed E-state index contributed by atoms with van der Waals surface area (Å²) < 4.78 is 4.90. The summed E-state index contributed by atoms with van der Waals surface area (Å²) in [5.74, 6) is -0.127. The van der Waals surface area contributed by atoms with E-state index in [-0.39, 0.29) is 11.8 Å². The zero-order valence-corrected chi connectivity index (χ0v) is 12.3. The van der Waals surface area contributed by atoms with Gasteiger partial charge in [-0.3, -0.25) is 9.59 Å². The zero-order valence-electron chi connectivity index (χ0n) is 12.3. The third kappa shape index (κ3) is 3.93. The molecule has 0 spiro atoms. The van der Waals surface area contributed by atoms with E-state index >= 15 is 0 Å². The molecule has 1 aliphatic carbocycles. The summed E-state index contributed by atoms with van der Waals surface area (Å²) in [6.45, 7) is 6.51. The van der Waals surface area contributed by atoms with E-state index in [1.54, 1.807) is 7.11 Å². The summed E-state index contributed by atoms with van der Waals surface area (Å²) in [6, 6.07) is 0. The van der Waals surface area contributed by atoms with Gasteiger partial charge in [0.15, 0.2) is 0 Å². The maximum Gasteiger partial charge on any atom is 0.238 e. The maximum atomic E-state index is 12.5. The highest BCUT2D eigenvalue weighted by atomic mass is 16.5. The van der Waals surface area contributed by atoms with Crippen molar-refractivity contribution in [3.05, 3.63) is 0 Å². The van der Waals surface area contributed by atoms with Gasteiger partial charge >= 0.3 is 0 Å². The van der Waals surface area contributed by atoms with Crippen LogP contribution in [0.3, 0.4) is 0 Å². The number of rotatable bonds is 9. The van der Waals surface area contributed by atoms with Crippen molar-refractivity contribution >= 4 is 11.8 Å². The fourth-order valence-corrected chi connectivity index (χ4v) is 2.26. The van der Waals surface area contributed by atoms with Crippen LogP contribution in [0, 0.1) is 5.41 Å². The van der Waals surface area contributed by atoms with Gasteiger partial charge in [0, 0.05) is 26.7 Å². The van der Waals surface area contributed by atoms with Crippen molar-refractivity contribution < 1.29 is 14.3 Å². The van der Waals surface area contributed by atoms with Crippen LogP contribution in [0.2, 0.25) is 0 Å². The Morgan fingerprint density at radius 1 is 1.21 bits per heavy atom. The highest BCUT2D eigenvalue weighted by Crippen LogP contribution is 2.47. The number of hydrogen-bond acceptors (Lipinski definition) is 3. The second-order valence-corrected chi connectivity index (χ2v) is 5.12. The molecule has 110 valence electrons. The Morgan fingerprint density at radius 3 is 2.21 bits per heavy atom. The van der Waals surface area contributed by atoms with Crippen molar-refractivity contribution in [1.82, 2.24) is 10.2 Å². The number of nitrogens with one attached hydrogen (secondary N) is 1. The lowest BCUT2D eigenvalue weighted by Crippen LogP contribution is -2.46. The highest BCUT2D eigenvalue weighted by Gasteiger charge is 2.57. The fourth-order valence-electron chi connectivity index (χ4n) is 2.26. The molecule has 5 heteroatoms. The first-order valence-corrected chi connectivity index (χ1v) is 7.19. The topological polar surface area (TPSA) is 58.6 Å². The van der Waals surface area contributed by atoms with E-state index in [0.717, 1.165) is 25.9 Å². The van der Waals surface area contributed by atoms with Gasteiger partial charge in [0.25, 0.3) is 0 Å². The number of carbonyl (C=O) groups excluding carboxylic acids is 2. The van der Waals surface area contributed by atoms with E-state index in [0.29, 0.717) is 26.0 Å². The van der Waals surface area contributed by atoms with Gasteiger partial charge in [0.05, 0.1) is 6.61 Å². The Balaban J connectivity index is 2.59. The average Bonchev–Trinajstić information content (AvgIpc) is 3.19. The predicted octanol–water partition coefficient (Wildman–Crippen LogP) is 1.18. The minimum atomic E-state index is -0.780. The smallest absolute Gasteiger partial charge is 0.238 e. The molecular formula is C14H26N2O3. The standard InChI is InChI=1S/C14H26N2O3/c1-4-9-16(10-5-2)13(18)14(6-7-14)12(17)15-8-11-19-3/h4-11H2,1-3H3,(H,15,17). The molecular weight excluding hydrogens is 244 g/mol. The molecule has 1 saturated carbocycles. The second-order valence-electron chi connectivity index (χ2n) is 5.12. The Labute approximate surface area is 115 Å². The van der Waals surface area contributed by atoms with Crippen LogP contribution in [0.4, 0.5) is 0 Å². The average molecular weight is 270 g/mol. The van der Waals surface area contributed by atoms with E-state index in [2.05, 4.69) is 5.32 Å². The SMILES string of the molecule is CCCN(CCC)C(=O)C1(C(=O)NCCOC)CC1. The van der Waals surface area contributed by atoms with Crippen molar-refractivity contribution in [2.75, 3.05) is 33.4 Å². The Morgan fingerprint density at radius 2 is 1.79 bits per heavy atom. The van der Waals surface area contributed by atoms with Crippen LogP contribution in [0.5, 0.6) is 0 Å². The molecule has 0 aromatic rings. The van der Waals surface area contributed by atoms with Gasteiger partial charge in [-0.25, -0.2) is 0 Å². The van der Waals surface area contributed by atoms with Gasteiger partial charge < -0.3 is 15.0 Å². The van der Waals surface area contributed by atoms with E-state index in [4.69, 9.17) is 4.74 Å². The van der Waals surface area contributed by atoms with Gasteiger partial charge in [0.1, 0.15) is 5.41 Å². The van der Waals surface area contributed by atoms with Crippen LogP contribution in [0.25, 0.3) is 0 Å². The van der Waals surface area contributed by atoms with Crippen LogP contribution in [0.15, 0.2) is 0 Å². The van der Waals surface area contributed by atoms with Crippen molar-refractivity contribution in [3.8, 4) is 0 Å². The maximum absolute atomic E-state index is 12.5. The predicted molar refractivity (Wildman–Crippen MR) is 73.7 cm³/mol. The zero-order chi connectivity index (χ0) is 14.3. The van der Waals surface area contributed by atoms with Gasteiger partial charge in [-0.05, 0) is 25.7 Å². The van der Waals surface area contributed by atoms with E-state index in [1.165, 1.54) is 0 Å². The summed E-state index contributed by atoms with van der Waals surface area (Å²) in [5, 5.41) is 2.79. The largest absolute Gasteiger partial charge is 0.383 e. The van der Waals surface area contributed by atoms with E-state index in [1.807, 2.05) is 18.7 Å². The molecule has 0 unspecified atom stereocenters. The first-order valence-electron chi connectivity index (χ1n) is 7.19. The second kappa shape index (κ2) is 7.48. The van der Waals surface area contributed by atoms with Gasteiger partial charge in [-0.1, -0.05) is 13.8 Å². The van der Waals surface area contributed by atoms with Crippen molar-refractivity contribution in [2.45, 2.75) is 39.5 Å². The minimum absolute atomic E-state index is 0.00566. The summed E-state index contributed by atoms with van der Waals surface area (Å²) in [4.78, 5) is 26.5. The number of nitrogens with zero attached hydrogens (tertiary/aromatic N) is 1. The third-order valence-electron chi connectivity index (χ3n) is 3.46. The number of ether oxygens (including phenoxy) is 1. The summed E-state index contributed by atoms with van der Waals surface area (Å²) in [6.07, 6.45) is 3.20. The lowest BCUT2D eigenvalue weighted by Gasteiger charge is -2.26. The molecule has 0 radical (unpaired) electrons. The monoisotopic (exact) mass is 270 g/mol. The Kier molecular flexibility index (Phi) is 6.28. The van der Waals surface area contributed by atoms with E-state index in [9.17, 15) is 9.59 Å². The van der Waals surface area contributed by atoms with Crippen LogP contribution in [-0.4, -0.2) is 50.1 Å². The molecule has 2 amide bonds. The molecule has 1 aliphatic rings. The lowest BCUT2D eigenvalue weighted by atomic mass is 10.0. The normalized spacial score (nSPS) is 15.9. The third-order valence-corrected chi connectivity index (χ3v) is 3.46. The molecule has 0 heterocycles. The lowest BCUT2D eigenvalue weighted by molar-refractivity contribution is -0.144. The molecule has 1 rings (SSSR count). The number of carbonyl (C=O) groups is 2. The molecule has 0 saturated heterocycles. The van der Waals surface area contributed by atoms with Crippen molar-refractivity contribution in [3.63, 3.8) is 0 Å². The van der Waals surface area contributed by atoms with Gasteiger partial charge in [0.2, 0.25) is 11.8 Å². The van der Waals surface area contributed by atoms with Gasteiger partial charge in [-0.15, -0.1) is 0 Å². The molecule has 1 fully saturated rings. The molecule has 0 aromatic carbocycles. The van der Waals surface area contributed by atoms with Crippen molar-refractivity contribution in [1.29, 1.82) is 0 Å². The number of amides is 2. The van der Waals surface area contributed by atoms with Crippen molar-refractivity contribution in [2.24, 2.45) is 5.41 Å². The molecule has 0 bridgehead atoms. The summed E-state index contributed by atoms with van der Waals surface area (Å²) >= 11 is 0. The molecule has 0 atom stereocenters. The van der Waals surface area contributed by atoms with Crippen LogP contribution in [-0.2, 0) is 14.3 Å². The van der Waals surface area contributed by atoms with Gasteiger partial charge in [-0.2, -0.15) is 0 Å². The van der Waals surface area contributed by atoms with Crippen LogP contribution >= 0.6 is 0 Å². The summed E-state index contributed by atoms with van der Waals surface area (Å²) in [5.41, 5.74) is -0.780. The quantitative estimate of drug-likeness (QED) is 0.505.